The summed E-state index contributed by atoms with van der Waals surface area (Å²) in [4.78, 5) is 24.3. The molecule has 0 radical (unpaired) electrons. The van der Waals surface area contributed by atoms with Crippen molar-refractivity contribution in [1.29, 1.82) is 0 Å². The molecule has 2 amide bonds. The van der Waals surface area contributed by atoms with Crippen LogP contribution in [0.4, 0.5) is 5.13 Å². The number of carbonyl (C=O) groups excluding carboxylic acids is 2. The van der Waals surface area contributed by atoms with Crippen molar-refractivity contribution >= 4 is 34.5 Å². The second-order valence-corrected chi connectivity index (χ2v) is 6.99. The van der Waals surface area contributed by atoms with Crippen LogP contribution >= 0.6 is 11.3 Å². The van der Waals surface area contributed by atoms with Gasteiger partial charge in [0.25, 0.3) is 5.91 Å². The van der Waals surface area contributed by atoms with Crippen molar-refractivity contribution in [3.8, 4) is 11.5 Å². The number of anilines is 1. The van der Waals surface area contributed by atoms with E-state index in [1.807, 2.05) is 12.1 Å². The Morgan fingerprint density at radius 1 is 1.00 bits per heavy atom. The van der Waals surface area contributed by atoms with Crippen molar-refractivity contribution in [3.05, 3.63) is 64.7 Å². The van der Waals surface area contributed by atoms with Crippen molar-refractivity contribution in [2.75, 3.05) is 19.5 Å². The largest absolute Gasteiger partial charge is 0.497 e. The van der Waals surface area contributed by atoms with Gasteiger partial charge in [0.1, 0.15) is 16.5 Å². The highest BCUT2D eigenvalue weighted by Gasteiger charge is 2.12. The Bertz CT molecular complexity index is 1030. The average Bonchev–Trinajstić information content (AvgIpc) is 3.20. The molecule has 0 unspecified atom stereocenters. The Hall–Kier alpha value is -3.79. The standard InChI is InChI=1S/C20H19N5O4S/c1-28-15-7-3-13(4-8-15)12-21-23-17(26)11-18-24-25-20(30-18)22-19(27)14-5-9-16(29-2)10-6-14/h3-10,12H,11H2,1-2H3,(H,23,26)(H,22,25,27)/b21-12-. The second-order valence-electron chi connectivity index (χ2n) is 5.93. The van der Waals surface area contributed by atoms with Crippen LogP contribution in [0.3, 0.4) is 0 Å². The molecule has 0 aliphatic carbocycles. The van der Waals surface area contributed by atoms with E-state index in [1.165, 1.54) is 6.21 Å². The number of benzene rings is 2. The summed E-state index contributed by atoms with van der Waals surface area (Å²) in [5.74, 6) is 0.727. The third-order valence-electron chi connectivity index (χ3n) is 3.87. The summed E-state index contributed by atoms with van der Waals surface area (Å²) in [7, 11) is 3.14. The van der Waals surface area contributed by atoms with E-state index >= 15 is 0 Å². The van der Waals surface area contributed by atoms with Crippen LogP contribution in [-0.4, -0.2) is 42.4 Å². The van der Waals surface area contributed by atoms with Crippen LogP contribution < -0.4 is 20.2 Å². The summed E-state index contributed by atoms with van der Waals surface area (Å²) in [6, 6.07) is 13.9. The molecule has 3 rings (SSSR count). The minimum atomic E-state index is -0.344. The van der Waals surface area contributed by atoms with Gasteiger partial charge in [-0.1, -0.05) is 11.3 Å². The monoisotopic (exact) mass is 425 g/mol. The molecular weight excluding hydrogens is 406 g/mol. The van der Waals surface area contributed by atoms with E-state index in [-0.39, 0.29) is 18.2 Å². The maximum absolute atomic E-state index is 12.2. The number of amides is 2. The lowest BCUT2D eigenvalue weighted by molar-refractivity contribution is -0.120. The van der Waals surface area contributed by atoms with E-state index in [9.17, 15) is 9.59 Å². The SMILES string of the molecule is COc1ccc(/C=N\NC(=O)Cc2nnc(NC(=O)c3ccc(OC)cc3)s2)cc1. The van der Waals surface area contributed by atoms with Gasteiger partial charge in [-0.25, -0.2) is 5.43 Å². The third-order valence-corrected chi connectivity index (χ3v) is 4.71. The van der Waals surface area contributed by atoms with E-state index in [4.69, 9.17) is 9.47 Å². The van der Waals surface area contributed by atoms with Gasteiger partial charge < -0.3 is 9.47 Å². The number of nitrogens with one attached hydrogen (secondary N) is 2. The number of methoxy groups -OCH3 is 2. The van der Waals surface area contributed by atoms with E-state index in [2.05, 4.69) is 26.0 Å². The summed E-state index contributed by atoms with van der Waals surface area (Å²) < 4.78 is 10.1. The molecule has 0 fully saturated rings. The first-order valence-corrected chi connectivity index (χ1v) is 9.63. The maximum atomic E-state index is 12.2. The summed E-state index contributed by atoms with van der Waals surface area (Å²) in [6.07, 6.45) is 1.52. The van der Waals surface area contributed by atoms with Gasteiger partial charge in [-0.2, -0.15) is 5.10 Å². The van der Waals surface area contributed by atoms with Crippen molar-refractivity contribution in [2.45, 2.75) is 6.42 Å². The van der Waals surface area contributed by atoms with Crippen LogP contribution in [0.15, 0.2) is 53.6 Å². The van der Waals surface area contributed by atoms with Gasteiger partial charge in [-0.15, -0.1) is 10.2 Å². The smallest absolute Gasteiger partial charge is 0.257 e. The number of ether oxygens (including phenoxy) is 2. The zero-order valence-electron chi connectivity index (χ0n) is 16.3. The van der Waals surface area contributed by atoms with Gasteiger partial charge in [0.2, 0.25) is 11.0 Å². The van der Waals surface area contributed by atoms with E-state index < -0.39 is 0 Å². The van der Waals surface area contributed by atoms with Crippen molar-refractivity contribution in [3.63, 3.8) is 0 Å². The summed E-state index contributed by atoms with van der Waals surface area (Å²) in [6.45, 7) is 0. The number of aromatic nitrogens is 2. The predicted octanol–water partition coefficient (Wildman–Crippen LogP) is 2.50. The lowest BCUT2D eigenvalue weighted by Crippen LogP contribution is -2.19. The molecule has 1 heterocycles. The molecule has 0 aliphatic rings. The molecule has 0 bridgehead atoms. The molecule has 0 atom stereocenters. The van der Waals surface area contributed by atoms with E-state index in [0.717, 1.165) is 22.6 Å². The Morgan fingerprint density at radius 3 is 2.27 bits per heavy atom. The number of carbonyl (C=O) groups is 2. The number of hydrazone groups is 1. The zero-order valence-corrected chi connectivity index (χ0v) is 17.1. The van der Waals surface area contributed by atoms with Gasteiger partial charge in [0.15, 0.2) is 0 Å². The fourth-order valence-electron chi connectivity index (χ4n) is 2.33. The highest BCUT2D eigenvalue weighted by molar-refractivity contribution is 7.15. The molecule has 3 aromatic rings. The normalized spacial score (nSPS) is 10.6. The van der Waals surface area contributed by atoms with Gasteiger partial charge in [0.05, 0.1) is 26.9 Å². The third kappa shape index (κ3) is 5.85. The first-order valence-electron chi connectivity index (χ1n) is 8.81. The van der Waals surface area contributed by atoms with Crippen LogP contribution in [0.2, 0.25) is 0 Å². The minimum Gasteiger partial charge on any atom is -0.497 e. The highest BCUT2D eigenvalue weighted by atomic mass is 32.1. The summed E-state index contributed by atoms with van der Waals surface area (Å²) >= 11 is 1.12. The summed E-state index contributed by atoms with van der Waals surface area (Å²) in [5.41, 5.74) is 3.71. The first-order chi connectivity index (χ1) is 14.6. The number of hydrogen-bond acceptors (Lipinski definition) is 8. The number of hydrogen-bond donors (Lipinski definition) is 2. The molecule has 10 heteroatoms. The minimum absolute atomic E-state index is 0.00394. The molecule has 2 aromatic carbocycles. The highest BCUT2D eigenvalue weighted by Crippen LogP contribution is 2.18. The van der Waals surface area contributed by atoms with Crippen molar-refractivity contribution in [2.24, 2.45) is 5.10 Å². The lowest BCUT2D eigenvalue weighted by atomic mass is 10.2. The van der Waals surface area contributed by atoms with Crippen LogP contribution in [0, 0.1) is 0 Å². The summed E-state index contributed by atoms with van der Waals surface area (Å²) in [5, 5.41) is 15.1. The predicted molar refractivity (Wildman–Crippen MR) is 113 cm³/mol. The van der Waals surface area contributed by atoms with Gasteiger partial charge in [-0.05, 0) is 54.1 Å². The van der Waals surface area contributed by atoms with Crippen LogP contribution in [0.5, 0.6) is 11.5 Å². The topological polar surface area (TPSA) is 115 Å². The molecule has 0 aliphatic heterocycles. The Kier molecular flexibility index (Phi) is 7.06. The lowest BCUT2D eigenvalue weighted by Gasteiger charge is -2.02. The van der Waals surface area contributed by atoms with Gasteiger partial charge in [0, 0.05) is 5.56 Å². The quantitative estimate of drug-likeness (QED) is 0.423. The Labute approximate surface area is 176 Å². The van der Waals surface area contributed by atoms with Crippen molar-refractivity contribution in [1.82, 2.24) is 15.6 Å². The molecule has 0 spiro atoms. The molecule has 154 valence electrons. The van der Waals surface area contributed by atoms with Crippen LogP contribution in [0.1, 0.15) is 20.9 Å². The number of rotatable bonds is 8. The second kappa shape index (κ2) is 10.1. The number of nitrogens with zero attached hydrogens (tertiary/aromatic N) is 3. The maximum Gasteiger partial charge on any atom is 0.257 e. The van der Waals surface area contributed by atoms with Gasteiger partial charge in [-0.3, -0.25) is 14.9 Å². The molecule has 1 aromatic heterocycles. The molecule has 0 saturated heterocycles. The first kappa shape index (κ1) is 20.9. The molecule has 2 N–H and O–H groups in total. The van der Waals surface area contributed by atoms with Crippen LogP contribution in [0.25, 0.3) is 0 Å². The fraction of sp³-hybridized carbons (Fsp3) is 0.150. The van der Waals surface area contributed by atoms with Crippen LogP contribution in [-0.2, 0) is 11.2 Å². The Morgan fingerprint density at radius 2 is 1.63 bits per heavy atom. The fourth-order valence-corrected chi connectivity index (χ4v) is 3.07. The van der Waals surface area contributed by atoms with Gasteiger partial charge >= 0.3 is 0 Å². The van der Waals surface area contributed by atoms with E-state index in [1.54, 1.807) is 50.6 Å². The molecular formula is C20H19N5O4S. The molecule has 9 nitrogen and oxygen atoms in total. The Balaban J connectivity index is 1.49. The van der Waals surface area contributed by atoms with E-state index in [0.29, 0.717) is 21.5 Å². The average molecular weight is 425 g/mol. The molecule has 30 heavy (non-hydrogen) atoms. The zero-order chi connectivity index (χ0) is 21.3. The molecule has 0 saturated carbocycles. The van der Waals surface area contributed by atoms with Crippen molar-refractivity contribution < 1.29 is 19.1 Å².